The minimum absolute atomic E-state index is 0.0278. The number of carbonyl (C=O) groups excluding carboxylic acids is 1. The molecule has 28 heavy (non-hydrogen) atoms. The second-order valence-corrected chi connectivity index (χ2v) is 9.34. The predicted molar refractivity (Wildman–Crippen MR) is 113 cm³/mol. The highest BCUT2D eigenvalue weighted by molar-refractivity contribution is 7.92. The molecule has 0 aromatic heterocycles. The number of sulfonamides is 1. The van der Waals surface area contributed by atoms with Gasteiger partial charge in [-0.15, -0.1) is 0 Å². The van der Waals surface area contributed by atoms with Crippen LogP contribution in [0.2, 0.25) is 0 Å². The highest BCUT2D eigenvalue weighted by Gasteiger charge is 2.22. The normalized spacial score (nSPS) is 16.3. The number of anilines is 1. The molecule has 0 saturated heterocycles. The lowest BCUT2D eigenvalue weighted by Crippen LogP contribution is -2.34. The van der Waals surface area contributed by atoms with E-state index in [1.807, 2.05) is 37.3 Å². The van der Waals surface area contributed by atoms with Crippen LogP contribution in [0.4, 0.5) is 5.69 Å². The summed E-state index contributed by atoms with van der Waals surface area (Å²) in [6.45, 7) is 2.18. The molecule has 2 aromatic rings. The molecule has 1 amide bonds. The van der Waals surface area contributed by atoms with Gasteiger partial charge in [0, 0.05) is 13.0 Å². The van der Waals surface area contributed by atoms with Gasteiger partial charge in [0.05, 0.1) is 18.0 Å². The van der Waals surface area contributed by atoms with Gasteiger partial charge in [0.15, 0.2) is 0 Å². The molecule has 0 bridgehead atoms. The molecule has 5 nitrogen and oxygen atoms in total. The van der Waals surface area contributed by atoms with Crippen LogP contribution in [0.3, 0.4) is 0 Å². The first-order valence-electron chi connectivity index (χ1n) is 9.77. The number of amides is 1. The van der Waals surface area contributed by atoms with Crippen LogP contribution in [0.5, 0.6) is 0 Å². The third kappa shape index (κ3) is 4.93. The summed E-state index contributed by atoms with van der Waals surface area (Å²) in [7, 11) is -3.40. The fraction of sp³-hybridized carbons (Fsp3) is 0.409. The van der Waals surface area contributed by atoms with E-state index < -0.39 is 10.0 Å². The Kier molecular flexibility index (Phi) is 6.39. The molecule has 1 atom stereocenters. The molecule has 1 N–H and O–H groups in total. The van der Waals surface area contributed by atoms with Crippen LogP contribution in [-0.4, -0.2) is 27.1 Å². The molecule has 0 heterocycles. The molecule has 0 spiro atoms. The summed E-state index contributed by atoms with van der Waals surface area (Å²) in [5.41, 5.74) is 4.09. The largest absolute Gasteiger partial charge is 0.349 e. The summed E-state index contributed by atoms with van der Waals surface area (Å²) >= 11 is 0. The summed E-state index contributed by atoms with van der Waals surface area (Å²) in [5.74, 6) is -0.0278. The third-order valence-corrected chi connectivity index (χ3v) is 6.43. The van der Waals surface area contributed by atoms with Crippen molar-refractivity contribution in [1.29, 1.82) is 0 Å². The Hall–Kier alpha value is -2.34. The maximum atomic E-state index is 12.5. The molecular weight excluding hydrogens is 372 g/mol. The number of fused-ring (bicyclic) bond motifs is 1. The molecule has 150 valence electrons. The van der Waals surface area contributed by atoms with Crippen LogP contribution in [-0.2, 0) is 21.2 Å². The number of benzene rings is 2. The topological polar surface area (TPSA) is 66.5 Å². The lowest BCUT2D eigenvalue weighted by Gasteiger charge is -2.27. The highest BCUT2D eigenvalue weighted by atomic mass is 32.2. The van der Waals surface area contributed by atoms with E-state index in [1.165, 1.54) is 21.7 Å². The smallest absolute Gasteiger partial charge is 0.232 e. The quantitative estimate of drug-likeness (QED) is 0.770. The number of nitrogens with one attached hydrogen (secondary N) is 1. The van der Waals surface area contributed by atoms with Crippen molar-refractivity contribution in [3.8, 4) is 0 Å². The minimum Gasteiger partial charge on any atom is -0.349 e. The first kappa shape index (κ1) is 20.4. The van der Waals surface area contributed by atoms with Crippen molar-refractivity contribution in [2.24, 2.45) is 0 Å². The van der Waals surface area contributed by atoms with E-state index in [-0.39, 0.29) is 11.9 Å². The first-order chi connectivity index (χ1) is 13.4. The second-order valence-electron chi connectivity index (χ2n) is 7.44. The van der Waals surface area contributed by atoms with Crippen molar-refractivity contribution in [2.75, 3.05) is 17.1 Å². The van der Waals surface area contributed by atoms with Crippen molar-refractivity contribution in [2.45, 2.75) is 45.1 Å². The van der Waals surface area contributed by atoms with Gasteiger partial charge in [-0.05, 0) is 55.4 Å². The first-order valence-corrected chi connectivity index (χ1v) is 11.6. The number of nitrogens with zero attached hydrogens (tertiary/aromatic N) is 1. The zero-order valence-corrected chi connectivity index (χ0v) is 17.3. The Morgan fingerprint density at radius 3 is 2.61 bits per heavy atom. The molecule has 1 aliphatic carbocycles. The average molecular weight is 401 g/mol. The molecule has 0 radical (unpaired) electrons. The monoisotopic (exact) mass is 400 g/mol. The van der Waals surface area contributed by atoms with Crippen LogP contribution >= 0.6 is 0 Å². The second kappa shape index (κ2) is 8.78. The number of carbonyl (C=O) groups is 1. The van der Waals surface area contributed by atoms with Crippen molar-refractivity contribution < 1.29 is 13.2 Å². The molecular formula is C22H28N2O3S. The van der Waals surface area contributed by atoms with E-state index in [4.69, 9.17) is 0 Å². The number of aryl methyl sites for hydroxylation is 2. The predicted octanol–water partition coefficient (Wildman–Crippen LogP) is 3.74. The van der Waals surface area contributed by atoms with E-state index in [0.717, 1.165) is 24.8 Å². The summed E-state index contributed by atoms with van der Waals surface area (Å²) in [6.07, 6.45) is 5.05. The summed E-state index contributed by atoms with van der Waals surface area (Å²) < 4.78 is 25.9. The van der Waals surface area contributed by atoms with Crippen LogP contribution < -0.4 is 9.62 Å². The Morgan fingerprint density at radius 1 is 1.14 bits per heavy atom. The lowest BCUT2D eigenvalue weighted by atomic mass is 9.87. The SMILES string of the molecule is Cc1ccccc1N(CCCC(=O)N[C@H]1CCCc2ccccc21)S(C)(=O)=O. The number of rotatable bonds is 7. The zero-order chi connectivity index (χ0) is 20.1. The number of hydrogen-bond donors (Lipinski definition) is 1. The van der Waals surface area contributed by atoms with Gasteiger partial charge in [-0.3, -0.25) is 9.10 Å². The fourth-order valence-electron chi connectivity index (χ4n) is 3.86. The Morgan fingerprint density at radius 2 is 1.86 bits per heavy atom. The van der Waals surface area contributed by atoms with Gasteiger partial charge in [-0.25, -0.2) is 8.42 Å². The number of hydrogen-bond acceptors (Lipinski definition) is 3. The van der Waals surface area contributed by atoms with Gasteiger partial charge in [-0.2, -0.15) is 0 Å². The van der Waals surface area contributed by atoms with Gasteiger partial charge in [0.2, 0.25) is 15.9 Å². The van der Waals surface area contributed by atoms with E-state index in [1.54, 1.807) is 6.07 Å². The average Bonchev–Trinajstić information content (AvgIpc) is 2.65. The highest BCUT2D eigenvalue weighted by Crippen LogP contribution is 2.29. The molecule has 0 saturated carbocycles. The molecule has 0 unspecified atom stereocenters. The van der Waals surface area contributed by atoms with E-state index >= 15 is 0 Å². The molecule has 0 fully saturated rings. The van der Waals surface area contributed by atoms with Gasteiger partial charge >= 0.3 is 0 Å². The Labute approximate surface area is 167 Å². The molecule has 0 aliphatic heterocycles. The molecule has 1 aliphatic rings. The summed E-state index contributed by atoms with van der Waals surface area (Å²) in [5, 5.41) is 3.13. The maximum absolute atomic E-state index is 12.5. The van der Waals surface area contributed by atoms with Gasteiger partial charge < -0.3 is 5.32 Å². The maximum Gasteiger partial charge on any atom is 0.232 e. The summed E-state index contributed by atoms with van der Waals surface area (Å²) in [4.78, 5) is 12.5. The summed E-state index contributed by atoms with van der Waals surface area (Å²) in [6, 6.07) is 15.7. The molecule has 2 aromatic carbocycles. The van der Waals surface area contributed by atoms with E-state index in [9.17, 15) is 13.2 Å². The van der Waals surface area contributed by atoms with Gasteiger partial charge in [-0.1, -0.05) is 42.5 Å². The third-order valence-electron chi connectivity index (χ3n) is 5.25. The van der Waals surface area contributed by atoms with Crippen molar-refractivity contribution in [3.63, 3.8) is 0 Å². The fourth-order valence-corrected chi connectivity index (χ4v) is 4.88. The van der Waals surface area contributed by atoms with Crippen molar-refractivity contribution in [1.82, 2.24) is 5.32 Å². The van der Waals surface area contributed by atoms with E-state index in [0.29, 0.717) is 25.1 Å². The van der Waals surface area contributed by atoms with Gasteiger partial charge in [0.25, 0.3) is 0 Å². The minimum atomic E-state index is -3.40. The Bertz CT molecular complexity index is 940. The van der Waals surface area contributed by atoms with Crippen LogP contribution in [0.15, 0.2) is 48.5 Å². The van der Waals surface area contributed by atoms with E-state index in [2.05, 4.69) is 17.4 Å². The molecule has 3 rings (SSSR count). The Balaban J connectivity index is 1.59. The van der Waals surface area contributed by atoms with Crippen LogP contribution in [0, 0.1) is 6.92 Å². The van der Waals surface area contributed by atoms with Crippen molar-refractivity contribution >= 4 is 21.6 Å². The lowest BCUT2D eigenvalue weighted by molar-refractivity contribution is -0.122. The van der Waals surface area contributed by atoms with Gasteiger partial charge in [0.1, 0.15) is 0 Å². The van der Waals surface area contributed by atoms with Crippen LogP contribution in [0.25, 0.3) is 0 Å². The zero-order valence-electron chi connectivity index (χ0n) is 16.5. The number of para-hydroxylation sites is 1. The standard InChI is InChI=1S/C22H28N2O3S/c1-17-9-3-6-14-21(17)24(28(2,26)27)16-8-15-22(25)23-20-13-7-11-18-10-4-5-12-19(18)20/h3-6,9-10,12,14,20H,7-8,11,13,15-16H2,1-2H3,(H,23,25)/t20-/m0/s1. The van der Waals surface area contributed by atoms with Crippen molar-refractivity contribution in [3.05, 3.63) is 65.2 Å². The van der Waals surface area contributed by atoms with Crippen LogP contribution in [0.1, 0.15) is 48.4 Å². The molecule has 6 heteroatoms.